The molecular formula is C2H4O5S2. The van der Waals surface area contributed by atoms with Gasteiger partial charge in [0.15, 0.2) is 5.94 Å². The molecule has 0 aromatic heterocycles. The SMILES string of the molecule is O=S1(=O)C=S(=O)(O)OC1. The standard InChI is InChI=1S/C2H4O5S2/c3-8(4)1-7-9(5,6)2-8/h2H,1H2,(H,5,6). The van der Waals surface area contributed by atoms with Crippen LogP contribution in [0.15, 0.2) is 0 Å². The Morgan fingerprint density at radius 1 is 1.44 bits per heavy atom. The maximum atomic E-state index is 10.3. The molecule has 0 radical (unpaired) electrons. The van der Waals surface area contributed by atoms with Gasteiger partial charge in [0.1, 0.15) is 4.70 Å². The van der Waals surface area contributed by atoms with Gasteiger partial charge in [-0.1, -0.05) is 0 Å². The molecule has 0 fully saturated rings. The van der Waals surface area contributed by atoms with E-state index in [1.54, 1.807) is 0 Å². The molecule has 0 saturated heterocycles. The fourth-order valence-electron chi connectivity index (χ4n) is 0.377. The van der Waals surface area contributed by atoms with Gasteiger partial charge >= 0.3 is 0 Å². The largest absolute Gasteiger partial charge is 0.293 e. The number of rotatable bonds is 0. The van der Waals surface area contributed by atoms with Gasteiger partial charge in [-0.3, -0.25) is 8.74 Å². The molecule has 7 heteroatoms. The fraction of sp³-hybridized carbons (Fsp3) is 0.500. The van der Waals surface area contributed by atoms with Gasteiger partial charge in [0.05, 0.1) is 0 Å². The third-order valence-corrected chi connectivity index (χ3v) is 3.85. The second kappa shape index (κ2) is 1.69. The van der Waals surface area contributed by atoms with Crippen LogP contribution in [0.2, 0.25) is 0 Å². The van der Waals surface area contributed by atoms with Crippen LogP contribution in [0.1, 0.15) is 0 Å². The molecule has 1 unspecified atom stereocenters. The summed E-state index contributed by atoms with van der Waals surface area (Å²) in [6.07, 6.45) is 0. The molecule has 0 aromatic rings. The van der Waals surface area contributed by atoms with Crippen LogP contribution in [-0.4, -0.2) is 27.8 Å². The third-order valence-electron chi connectivity index (χ3n) is 0.649. The summed E-state index contributed by atoms with van der Waals surface area (Å²) in [6, 6.07) is 0. The Morgan fingerprint density at radius 3 is 2.11 bits per heavy atom. The maximum absolute atomic E-state index is 10.3. The monoisotopic (exact) mass is 172 g/mol. The van der Waals surface area contributed by atoms with E-state index in [0.29, 0.717) is 4.70 Å². The summed E-state index contributed by atoms with van der Waals surface area (Å²) in [5.74, 6) is -0.692. The van der Waals surface area contributed by atoms with Crippen LogP contribution in [-0.2, 0) is 24.1 Å². The summed E-state index contributed by atoms with van der Waals surface area (Å²) in [4.78, 5) is 0. The van der Waals surface area contributed by atoms with Crippen LogP contribution in [0, 0.1) is 0 Å². The zero-order valence-electron chi connectivity index (χ0n) is 4.18. The molecule has 1 N–H and O–H groups in total. The first-order chi connectivity index (χ1) is 3.91. The van der Waals surface area contributed by atoms with Crippen molar-refractivity contribution < 1.29 is 21.4 Å². The van der Waals surface area contributed by atoms with Gasteiger partial charge < -0.3 is 0 Å². The Hall–Kier alpha value is -0.110. The first-order valence-electron chi connectivity index (χ1n) is 1.90. The van der Waals surface area contributed by atoms with E-state index >= 15 is 0 Å². The molecule has 0 spiro atoms. The lowest BCUT2D eigenvalue weighted by Gasteiger charge is -1.88. The van der Waals surface area contributed by atoms with Gasteiger partial charge in [-0.2, -0.15) is 0 Å². The van der Waals surface area contributed by atoms with Crippen molar-refractivity contribution in [1.29, 1.82) is 0 Å². The zero-order valence-corrected chi connectivity index (χ0v) is 5.81. The molecule has 9 heavy (non-hydrogen) atoms. The highest BCUT2D eigenvalue weighted by Crippen LogP contribution is 2.03. The van der Waals surface area contributed by atoms with Crippen LogP contribution in [0.5, 0.6) is 0 Å². The topological polar surface area (TPSA) is 80.7 Å². The molecule has 0 aliphatic carbocycles. The Balaban J connectivity index is 3.31. The van der Waals surface area contributed by atoms with Crippen molar-refractivity contribution in [3.8, 4) is 0 Å². The van der Waals surface area contributed by atoms with E-state index in [1.807, 2.05) is 0 Å². The highest BCUT2D eigenvalue weighted by molar-refractivity contribution is 8.20. The molecule has 0 amide bonds. The second-order valence-electron chi connectivity index (χ2n) is 1.51. The van der Waals surface area contributed by atoms with Gasteiger partial charge in [0, 0.05) is 0 Å². The van der Waals surface area contributed by atoms with Gasteiger partial charge in [-0.15, -0.1) is 0 Å². The van der Waals surface area contributed by atoms with Crippen molar-refractivity contribution in [3.05, 3.63) is 0 Å². The molecule has 5 nitrogen and oxygen atoms in total. The van der Waals surface area contributed by atoms with E-state index < -0.39 is 25.9 Å². The van der Waals surface area contributed by atoms with Crippen LogP contribution >= 0.6 is 0 Å². The van der Waals surface area contributed by atoms with Gasteiger partial charge in [0.2, 0.25) is 19.9 Å². The Kier molecular flexibility index (Phi) is 1.31. The Morgan fingerprint density at radius 2 is 2.00 bits per heavy atom. The molecule has 1 heterocycles. The minimum absolute atomic E-state index is 0.319. The first kappa shape index (κ1) is 7.00. The van der Waals surface area contributed by atoms with E-state index in [0.717, 1.165) is 0 Å². The number of hydrogen-bond donors (Lipinski definition) is 1. The molecule has 0 saturated carbocycles. The summed E-state index contributed by atoms with van der Waals surface area (Å²) < 4.78 is 43.7. The second-order valence-corrected chi connectivity index (χ2v) is 5.11. The van der Waals surface area contributed by atoms with Crippen molar-refractivity contribution in [2.45, 2.75) is 0 Å². The summed E-state index contributed by atoms with van der Waals surface area (Å²) in [6.45, 7) is 0. The van der Waals surface area contributed by atoms with Crippen LogP contribution in [0.25, 0.3) is 0 Å². The highest BCUT2D eigenvalue weighted by Gasteiger charge is 2.22. The molecule has 1 aliphatic heterocycles. The molecule has 1 atom stereocenters. The minimum Gasteiger partial charge on any atom is -0.293 e. The Bertz CT molecular complexity index is 315. The van der Waals surface area contributed by atoms with Gasteiger partial charge in [-0.05, 0) is 0 Å². The first-order valence-corrected chi connectivity index (χ1v) is 5.12. The van der Waals surface area contributed by atoms with Crippen molar-refractivity contribution in [1.82, 2.24) is 0 Å². The molecular weight excluding hydrogens is 168 g/mol. The Labute approximate surface area is 52.6 Å². The summed E-state index contributed by atoms with van der Waals surface area (Å²) in [7, 11) is -7.14. The van der Waals surface area contributed by atoms with Crippen LogP contribution in [0.3, 0.4) is 0 Å². The predicted octanol–water partition coefficient (Wildman–Crippen LogP) is -1.18. The molecule has 1 rings (SSSR count). The predicted molar refractivity (Wildman–Crippen MR) is 31.7 cm³/mol. The van der Waals surface area contributed by atoms with E-state index in [9.17, 15) is 12.6 Å². The van der Waals surface area contributed by atoms with Crippen molar-refractivity contribution in [2.24, 2.45) is 0 Å². The number of sulfone groups is 1. The van der Waals surface area contributed by atoms with E-state index in [2.05, 4.69) is 4.18 Å². The van der Waals surface area contributed by atoms with Gasteiger partial charge in [0.25, 0.3) is 0 Å². The summed E-state index contributed by atoms with van der Waals surface area (Å²) in [5.41, 5.74) is 0. The molecule has 0 bridgehead atoms. The lowest BCUT2D eigenvalue weighted by molar-refractivity contribution is 0.355. The fourth-order valence-corrected chi connectivity index (χ4v) is 3.39. The average molecular weight is 172 g/mol. The lowest BCUT2D eigenvalue weighted by atomic mass is 11.7. The molecule has 0 aromatic carbocycles. The lowest BCUT2D eigenvalue weighted by Crippen LogP contribution is -1.98. The third kappa shape index (κ3) is 1.65. The van der Waals surface area contributed by atoms with E-state index in [1.165, 1.54) is 0 Å². The molecule has 54 valence electrons. The number of hydrogen-bond acceptors (Lipinski definition) is 4. The normalized spacial score (nSPS) is 40.1. The quantitative estimate of drug-likeness (QED) is 0.465. The molecule has 1 aliphatic rings. The van der Waals surface area contributed by atoms with E-state index in [-0.39, 0.29) is 0 Å². The van der Waals surface area contributed by atoms with Crippen LogP contribution in [0.4, 0.5) is 0 Å². The van der Waals surface area contributed by atoms with Crippen LogP contribution < -0.4 is 0 Å². The average Bonchev–Trinajstić information content (AvgIpc) is 1.78. The maximum Gasteiger partial charge on any atom is 0.215 e. The van der Waals surface area contributed by atoms with E-state index in [4.69, 9.17) is 4.55 Å². The van der Waals surface area contributed by atoms with Gasteiger partial charge in [-0.25, -0.2) is 12.6 Å². The van der Waals surface area contributed by atoms with Crippen molar-refractivity contribution in [3.63, 3.8) is 0 Å². The summed E-state index contributed by atoms with van der Waals surface area (Å²) in [5, 5.41) is 0. The smallest absolute Gasteiger partial charge is 0.215 e. The zero-order chi connectivity index (χ0) is 7.12. The summed E-state index contributed by atoms with van der Waals surface area (Å²) >= 11 is 0. The minimum atomic E-state index is -3.62. The highest BCUT2D eigenvalue weighted by atomic mass is 32.3. The van der Waals surface area contributed by atoms with Crippen molar-refractivity contribution in [2.75, 3.05) is 5.94 Å². The van der Waals surface area contributed by atoms with Crippen molar-refractivity contribution >= 4 is 24.6 Å².